The minimum absolute atomic E-state index is 0.0286. The van der Waals surface area contributed by atoms with Gasteiger partial charge in [0.2, 0.25) is 5.91 Å². The van der Waals surface area contributed by atoms with Gasteiger partial charge in [0, 0.05) is 44.9 Å². The number of amides is 1. The van der Waals surface area contributed by atoms with E-state index in [4.69, 9.17) is 5.11 Å². The molecule has 2 aromatic heterocycles. The van der Waals surface area contributed by atoms with Gasteiger partial charge in [-0.2, -0.15) is 0 Å². The molecule has 28 heavy (non-hydrogen) atoms. The number of hydrogen-bond acceptors (Lipinski definition) is 6. The van der Waals surface area contributed by atoms with E-state index in [0.29, 0.717) is 25.9 Å². The van der Waals surface area contributed by atoms with Crippen molar-refractivity contribution in [1.82, 2.24) is 14.9 Å². The molecule has 3 heterocycles. The van der Waals surface area contributed by atoms with Crippen LogP contribution in [0, 0.1) is 6.92 Å². The molecule has 1 saturated heterocycles. The van der Waals surface area contributed by atoms with Crippen molar-refractivity contribution in [2.24, 2.45) is 0 Å². The van der Waals surface area contributed by atoms with E-state index in [1.165, 1.54) is 4.90 Å². The second kappa shape index (κ2) is 8.10. The molecule has 1 aliphatic heterocycles. The molecule has 8 nitrogen and oxygen atoms in total. The van der Waals surface area contributed by atoms with Crippen molar-refractivity contribution >= 4 is 28.6 Å². The van der Waals surface area contributed by atoms with Crippen LogP contribution in [0.2, 0.25) is 0 Å². The number of likely N-dealkylation sites (N-methyl/N-ethyl adjacent to an activating group) is 1. The molecule has 150 valence electrons. The highest BCUT2D eigenvalue weighted by molar-refractivity contribution is 5.88. The third-order valence-electron chi connectivity index (χ3n) is 5.11. The number of carboxylic acid groups (broad SMARTS) is 1. The highest BCUT2D eigenvalue weighted by atomic mass is 16.4. The molecule has 2 aromatic rings. The van der Waals surface area contributed by atoms with Gasteiger partial charge in [-0.05, 0) is 38.0 Å². The first kappa shape index (κ1) is 20.0. The van der Waals surface area contributed by atoms with Gasteiger partial charge in [-0.25, -0.2) is 4.98 Å². The summed E-state index contributed by atoms with van der Waals surface area (Å²) in [7, 11) is 1.65. The molecule has 0 saturated carbocycles. The molecular formula is C20H26N4O4. The summed E-state index contributed by atoms with van der Waals surface area (Å²) in [6.07, 6.45) is 2.72. The molecule has 1 atom stereocenters. The second-order valence-electron chi connectivity index (χ2n) is 7.54. The molecule has 0 unspecified atom stereocenters. The number of aryl methyl sites for hydroxylation is 1. The van der Waals surface area contributed by atoms with E-state index in [9.17, 15) is 14.7 Å². The first-order valence-corrected chi connectivity index (χ1v) is 9.43. The van der Waals surface area contributed by atoms with Gasteiger partial charge in [-0.1, -0.05) is 0 Å². The Labute approximate surface area is 163 Å². The van der Waals surface area contributed by atoms with Gasteiger partial charge in [0.15, 0.2) is 0 Å². The van der Waals surface area contributed by atoms with Crippen LogP contribution < -0.4 is 4.90 Å². The second-order valence-corrected chi connectivity index (χ2v) is 7.54. The Morgan fingerprint density at radius 2 is 2.07 bits per heavy atom. The van der Waals surface area contributed by atoms with Crippen molar-refractivity contribution in [1.29, 1.82) is 0 Å². The smallest absolute Gasteiger partial charge is 0.303 e. The average Bonchev–Trinajstić information content (AvgIpc) is 3.02. The van der Waals surface area contributed by atoms with Gasteiger partial charge in [-0.3, -0.25) is 14.6 Å². The van der Waals surface area contributed by atoms with Crippen molar-refractivity contribution in [2.45, 2.75) is 38.2 Å². The molecule has 0 aliphatic carbocycles. The van der Waals surface area contributed by atoms with Crippen molar-refractivity contribution in [3.8, 4) is 0 Å². The van der Waals surface area contributed by atoms with Crippen molar-refractivity contribution < 1.29 is 19.8 Å². The van der Waals surface area contributed by atoms with Crippen LogP contribution in [0.3, 0.4) is 0 Å². The van der Waals surface area contributed by atoms with Crippen LogP contribution in [-0.4, -0.2) is 69.2 Å². The fourth-order valence-electron chi connectivity index (χ4n) is 3.67. The highest BCUT2D eigenvalue weighted by Crippen LogP contribution is 2.31. The average molecular weight is 386 g/mol. The van der Waals surface area contributed by atoms with E-state index in [-0.39, 0.29) is 25.3 Å². The van der Waals surface area contributed by atoms with E-state index >= 15 is 0 Å². The Morgan fingerprint density at radius 3 is 2.82 bits per heavy atom. The topological polar surface area (TPSA) is 107 Å². The third kappa shape index (κ3) is 4.56. The Bertz CT molecular complexity index is 888. The Balaban J connectivity index is 1.66. The Kier molecular flexibility index (Phi) is 5.79. The zero-order chi connectivity index (χ0) is 20.3. The fourth-order valence-corrected chi connectivity index (χ4v) is 3.67. The van der Waals surface area contributed by atoms with Crippen LogP contribution in [0.5, 0.6) is 0 Å². The number of aromatic nitrogens is 2. The van der Waals surface area contributed by atoms with Gasteiger partial charge in [0.25, 0.3) is 0 Å². The van der Waals surface area contributed by atoms with Crippen LogP contribution in [0.25, 0.3) is 11.0 Å². The summed E-state index contributed by atoms with van der Waals surface area (Å²) < 4.78 is 0. The van der Waals surface area contributed by atoms with Gasteiger partial charge in [-0.15, -0.1) is 0 Å². The molecule has 3 rings (SSSR count). The Hall–Kier alpha value is -2.74. The van der Waals surface area contributed by atoms with Gasteiger partial charge < -0.3 is 20.0 Å². The maximum Gasteiger partial charge on any atom is 0.303 e. The number of aliphatic carboxylic acids is 1. The van der Waals surface area contributed by atoms with Crippen LogP contribution in [0.4, 0.5) is 5.69 Å². The number of hydrogen-bond donors (Lipinski definition) is 2. The molecule has 2 N–H and O–H groups in total. The zero-order valence-corrected chi connectivity index (χ0v) is 16.3. The highest BCUT2D eigenvalue weighted by Gasteiger charge is 2.38. The lowest BCUT2D eigenvalue weighted by atomic mass is 10.0. The van der Waals surface area contributed by atoms with Gasteiger partial charge >= 0.3 is 5.97 Å². The molecule has 0 spiro atoms. The lowest BCUT2D eigenvalue weighted by molar-refractivity contribution is -0.137. The summed E-state index contributed by atoms with van der Waals surface area (Å²) in [5, 5.41) is 19.7. The van der Waals surface area contributed by atoms with Crippen molar-refractivity contribution in [2.75, 3.05) is 31.6 Å². The number of carbonyl (C=O) groups excluding carboxylic acids is 1. The number of carbonyl (C=O) groups is 2. The molecule has 0 bridgehead atoms. The summed E-state index contributed by atoms with van der Waals surface area (Å²) in [5.74, 6) is -1.06. The van der Waals surface area contributed by atoms with Crippen LogP contribution in [0.1, 0.15) is 31.4 Å². The number of carboxylic acids is 1. The number of nitrogens with zero attached hydrogens (tertiary/aromatic N) is 4. The molecular weight excluding hydrogens is 360 g/mol. The third-order valence-corrected chi connectivity index (χ3v) is 5.11. The summed E-state index contributed by atoms with van der Waals surface area (Å²) in [6.45, 7) is 3.20. The first-order valence-electron chi connectivity index (χ1n) is 9.43. The maximum atomic E-state index is 12.2. The van der Waals surface area contributed by atoms with Crippen LogP contribution in [0.15, 0.2) is 24.4 Å². The normalized spacial score (nSPS) is 19.2. The van der Waals surface area contributed by atoms with Crippen molar-refractivity contribution in [3.05, 3.63) is 30.1 Å². The van der Waals surface area contributed by atoms with Gasteiger partial charge in [0.1, 0.15) is 11.1 Å². The predicted molar refractivity (Wildman–Crippen MR) is 105 cm³/mol. The number of rotatable bonds is 7. The summed E-state index contributed by atoms with van der Waals surface area (Å²) in [5.41, 5.74) is 2.44. The lowest BCUT2D eigenvalue weighted by Crippen LogP contribution is -2.45. The van der Waals surface area contributed by atoms with E-state index in [0.717, 1.165) is 22.4 Å². The predicted octanol–water partition coefficient (Wildman–Crippen LogP) is 1.59. The zero-order valence-electron chi connectivity index (χ0n) is 16.3. The molecule has 1 fully saturated rings. The first-order chi connectivity index (χ1) is 13.3. The summed E-state index contributed by atoms with van der Waals surface area (Å²) in [4.78, 5) is 35.3. The van der Waals surface area contributed by atoms with E-state index in [1.807, 2.05) is 25.1 Å². The number of pyridine rings is 2. The quantitative estimate of drug-likeness (QED) is 0.744. The minimum atomic E-state index is -1.02. The largest absolute Gasteiger partial charge is 0.481 e. The summed E-state index contributed by atoms with van der Waals surface area (Å²) in [6, 6.07) is 5.76. The van der Waals surface area contributed by atoms with E-state index < -0.39 is 11.6 Å². The lowest BCUT2D eigenvalue weighted by Gasteiger charge is -2.29. The van der Waals surface area contributed by atoms with E-state index in [1.54, 1.807) is 13.2 Å². The van der Waals surface area contributed by atoms with Crippen LogP contribution >= 0.6 is 0 Å². The number of fused-ring (bicyclic) bond motifs is 1. The molecule has 0 radical (unpaired) electrons. The molecule has 0 aromatic carbocycles. The molecule has 1 amide bonds. The fraction of sp³-hybridized carbons (Fsp3) is 0.500. The SMILES string of the molecule is Cc1ccc2nccc(N3CC[C@](O)(CN(C)C(=O)CCCC(=O)O)C3)c2n1. The van der Waals surface area contributed by atoms with Crippen molar-refractivity contribution in [3.63, 3.8) is 0 Å². The van der Waals surface area contributed by atoms with Gasteiger partial charge in [0.05, 0.1) is 17.7 Å². The van der Waals surface area contributed by atoms with Crippen LogP contribution in [-0.2, 0) is 9.59 Å². The maximum absolute atomic E-state index is 12.2. The minimum Gasteiger partial charge on any atom is -0.481 e. The number of anilines is 1. The number of β-amino-alcohol motifs (C(OH)–C–C–N with tert-alkyl or cyclic N) is 1. The molecule has 8 heteroatoms. The van der Waals surface area contributed by atoms with E-state index in [2.05, 4.69) is 14.9 Å². The standard InChI is InChI=1S/C20H26N4O4/c1-14-6-7-15-19(22-14)16(8-10-21-15)24-11-9-20(28,13-24)12-23(2)17(25)4-3-5-18(26)27/h6-8,10,28H,3-5,9,11-13H2,1-2H3,(H,26,27)/t20-/m0/s1. The monoisotopic (exact) mass is 386 g/mol. The molecule has 1 aliphatic rings. The number of aliphatic hydroxyl groups is 1. The Morgan fingerprint density at radius 1 is 1.29 bits per heavy atom. The summed E-state index contributed by atoms with van der Waals surface area (Å²) >= 11 is 0.